The second-order valence-electron chi connectivity index (χ2n) is 11.2. The maximum absolute atomic E-state index is 2.76. The molecule has 2 heterocycles. The molecule has 1 aliphatic carbocycles. The van der Waals surface area contributed by atoms with Gasteiger partial charge in [-0.1, -0.05) is 24.3 Å². The zero-order valence-corrected chi connectivity index (χ0v) is 24.1. The fraction of sp³-hybridized carbons (Fsp3) is 0.846. The monoisotopic (exact) mass is 524 g/mol. The molecular formula is C26H50PdSi2. The Morgan fingerprint density at radius 3 is 1.07 bits per heavy atom. The third-order valence-corrected chi connectivity index (χ3v) is 28.4. The first-order chi connectivity index (χ1) is 13.6. The van der Waals surface area contributed by atoms with Gasteiger partial charge in [-0.05, 0) is 25.7 Å². The molecule has 0 amide bonds. The first-order valence-corrected chi connectivity index (χ1v) is 19.9. The van der Waals surface area contributed by atoms with Crippen molar-refractivity contribution in [2.75, 3.05) is 0 Å². The summed E-state index contributed by atoms with van der Waals surface area (Å²) >= 11 is 0.968. The Morgan fingerprint density at radius 2 is 0.793 bits per heavy atom. The number of rotatable bonds is 4. The van der Waals surface area contributed by atoms with Crippen LogP contribution in [0.4, 0.5) is 0 Å². The molecule has 0 unspecified atom stereocenters. The molecule has 3 heteroatoms. The van der Waals surface area contributed by atoms with Crippen LogP contribution in [0.25, 0.3) is 0 Å². The summed E-state index contributed by atoms with van der Waals surface area (Å²) in [5.41, 5.74) is 0. The van der Waals surface area contributed by atoms with E-state index < -0.39 is 16.1 Å². The molecule has 2 aliphatic heterocycles. The maximum atomic E-state index is 2.76. The fourth-order valence-electron chi connectivity index (χ4n) is 5.36. The molecule has 0 aromatic rings. The molecule has 0 radical (unpaired) electrons. The SMILES string of the molecule is C1=CCCC=CCC1.C[C](C)([Pd][C](C)(C)[Si]1(C)CCCCC1)[Si]1(C)CCCCC1. The second kappa shape index (κ2) is 11.4. The summed E-state index contributed by atoms with van der Waals surface area (Å²) in [6.45, 7) is 16.2. The van der Waals surface area contributed by atoms with Gasteiger partial charge in [-0.2, -0.15) is 0 Å². The fourth-order valence-corrected chi connectivity index (χ4v) is 23.1. The number of hydrogen-bond acceptors (Lipinski definition) is 0. The average molecular weight is 525 g/mol. The Bertz CT molecular complexity index is 475. The summed E-state index contributed by atoms with van der Waals surface area (Å²) in [5, 5.41) is 0. The first-order valence-electron chi connectivity index (χ1n) is 12.5. The minimum atomic E-state index is -1.03. The van der Waals surface area contributed by atoms with Crippen molar-refractivity contribution >= 4 is 16.1 Å². The van der Waals surface area contributed by atoms with Gasteiger partial charge >= 0.3 is 145 Å². The van der Waals surface area contributed by atoms with E-state index in [4.69, 9.17) is 0 Å². The normalized spacial score (nSPS) is 24.9. The van der Waals surface area contributed by atoms with E-state index in [1.165, 1.54) is 64.2 Å². The summed E-state index contributed by atoms with van der Waals surface area (Å²) in [6.07, 6.45) is 23.2. The predicted octanol–water partition coefficient (Wildman–Crippen LogP) is 9.74. The summed E-state index contributed by atoms with van der Waals surface area (Å²) in [4.78, 5) is 0. The van der Waals surface area contributed by atoms with Gasteiger partial charge in [0.2, 0.25) is 0 Å². The quantitative estimate of drug-likeness (QED) is 0.253. The predicted molar refractivity (Wildman–Crippen MR) is 135 cm³/mol. The van der Waals surface area contributed by atoms with Crippen LogP contribution in [0.2, 0.25) is 44.3 Å². The van der Waals surface area contributed by atoms with Crippen molar-refractivity contribution in [3.8, 4) is 0 Å². The van der Waals surface area contributed by atoms with Gasteiger partial charge in [0, 0.05) is 0 Å². The standard InChI is InChI=1S/2C9H19Si.C8H12.Pd/c2*1-9(2)10(3)7-5-4-6-8-10;1-2-4-6-8-7-5-3-1;/h2*4-8H2,1-3H3;1-2,7-8H,3-6H2;. The van der Waals surface area contributed by atoms with E-state index in [0.29, 0.717) is 7.02 Å². The van der Waals surface area contributed by atoms with Crippen molar-refractivity contribution in [2.45, 2.75) is 136 Å². The minimum absolute atomic E-state index is 0.693. The van der Waals surface area contributed by atoms with E-state index in [0.717, 1.165) is 18.0 Å². The van der Waals surface area contributed by atoms with Crippen molar-refractivity contribution in [2.24, 2.45) is 0 Å². The van der Waals surface area contributed by atoms with Crippen LogP contribution in [-0.2, 0) is 18.0 Å². The number of allylic oxidation sites excluding steroid dienone is 4. The summed E-state index contributed by atoms with van der Waals surface area (Å²) in [5.74, 6) is 0. The molecular weight excluding hydrogens is 475 g/mol. The van der Waals surface area contributed by atoms with Gasteiger partial charge in [0.05, 0.1) is 0 Å². The molecule has 2 fully saturated rings. The van der Waals surface area contributed by atoms with Gasteiger partial charge in [-0.15, -0.1) is 0 Å². The van der Waals surface area contributed by atoms with Gasteiger partial charge < -0.3 is 0 Å². The third-order valence-electron chi connectivity index (χ3n) is 8.44. The number of hydrogen-bond donors (Lipinski definition) is 0. The first kappa shape index (κ1) is 25.8. The van der Waals surface area contributed by atoms with E-state index in [-0.39, 0.29) is 0 Å². The Kier molecular flexibility index (Phi) is 10.2. The van der Waals surface area contributed by atoms with Crippen LogP contribution >= 0.6 is 0 Å². The second-order valence-corrected chi connectivity index (χ2v) is 27.6. The van der Waals surface area contributed by atoms with Crippen molar-refractivity contribution in [3.63, 3.8) is 0 Å². The van der Waals surface area contributed by atoms with Crippen LogP contribution < -0.4 is 0 Å². The molecule has 3 rings (SSSR count). The molecule has 0 aromatic carbocycles. The van der Waals surface area contributed by atoms with Crippen LogP contribution in [0.5, 0.6) is 0 Å². The molecule has 0 bridgehead atoms. The Balaban J connectivity index is 0.000000313. The van der Waals surface area contributed by atoms with E-state index >= 15 is 0 Å². The van der Waals surface area contributed by atoms with Crippen LogP contribution in [0, 0.1) is 0 Å². The van der Waals surface area contributed by atoms with E-state index in [9.17, 15) is 0 Å². The third kappa shape index (κ3) is 7.30. The Hall–Kier alpha value is 0.576. The zero-order chi connectivity index (χ0) is 21.4. The summed E-state index contributed by atoms with van der Waals surface area (Å²) in [7, 11) is -2.05. The molecule has 0 spiro atoms. The molecule has 2 saturated heterocycles. The van der Waals surface area contributed by atoms with Crippen LogP contribution in [0.1, 0.15) is 91.9 Å². The molecule has 0 nitrogen and oxygen atoms in total. The van der Waals surface area contributed by atoms with E-state index in [2.05, 4.69) is 65.1 Å². The van der Waals surface area contributed by atoms with Crippen LogP contribution in [0.3, 0.4) is 0 Å². The van der Waals surface area contributed by atoms with Gasteiger partial charge in [0.15, 0.2) is 0 Å². The zero-order valence-electron chi connectivity index (χ0n) is 20.5. The van der Waals surface area contributed by atoms with E-state index in [1.54, 1.807) is 24.2 Å². The van der Waals surface area contributed by atoms with Gasteiger partial charge in [-0.25, -0.2) is 0 Å². The molecule has 3 aliphatic rings. The molecule has 0 atom stereocenters. The van der Waals surface area contributed by atoms with Crippen molar-refractivity contribution < 1.29 is 18.0 Å². The molecule has 172 valence electrons. The summed E-state index contributed by atoms with van der Waals surface area (Å²) < 4.78 is 1.39. The molecule has 0 aromatic heterocycles. The molecule has 0 saturated carbocycles. The average Bonchev–Trinajstić information content (AvgIpc) is 2.62. The topological polar surface area (TPSA) is 0 Å². The summed E-state index contributed by atoms with van der Waals surface area (Å²) in [6, 6.07) is 6.47. The molecule has 29 heavy (non-hydrogen) atoms. The van der Waals surface area contributed by atoms with Gasteiger partial charge in [-0.3, -0.25) is 0 Å². The Morgan fingerprint density at radius 1 is 0.517 bits per heavy atom. The van der Waals surface area contributed by atoms with Crippen molar-refractivity contribution in [1.82, 2.24) is 0 Å². The Labute approximate surface area is 194 Å². The van der Waals surface area contributed by atoms with Crippen molar-refractivity contribution in [3.05, 3.63) is 24.3 Å². The van der Waals surface area contributed by atoms with Crippen LogP contribution in [0.15, 0.2) is 24.3 Å². The van der Waals surface area contributed by atoms with Gasteiger partial charge in [0.25, 0.3) is 0 Å². The van der Waals surface area contributed by atoms with E-state index in [1.807, 2.05) is 0 Å². The van der Waals surface area contributed by atoms with Crippen molar-refractivity contribution in [1.29, 1.82) is 0 Å². The van der Waals surface area contributed by atoms with Crippen LogP contribution in [-0.4, -0.2) is 16.1 Å². The molecule has 0 N–H and O–H groups in total. The van der Waals surface area contributed by atoms with Gasteiger partial charge in [0.1, 0.15) is 0 Å².